The number of amides is 2. The van der Waals surface area contributed by atoms with Gasteiger partial charge in [0.15, 0.2) is 0 Å². The van der Waals surface area contributed by atoms with Gasteiger partial charge in [-0.15, -0.1) is 0 Å². The van der Waals surface area contributed by atoms with Crippen molar-refractivity contribution in [3.63, 3.8) is 0 Å². The average Bonchev–Trinajstić information content (AvgIpc) is 2.63. The predicted octanol–water partition coefficient (Wildman–Crippen LogP) is 1.92. The molecule has 1 atom stereocenters. The van der Waals surface area contributed by atoms with Gasteiger partial charge in [-0.05, 0) is 30.0 Å². The number of hydrogen-bond acceptors (Lipinski definition) is 4. The monoisotopic (exact) mass is 376 g/mol. The van der Waals surface area contributed by atoms with Crippen LogP contribution in [-0.2, 0) is 20.8 Å². The van der Waals surface area contributed by atoms with Crippen LogP contribution in [0.2, 0.25) is 0 Å². The second kappa shape index (κ2) is 11.0. The first-order valence-corrected chi connectivity index (χ1v) is 8.83. The molecule has 1 unspecified atom stereocenters. The normalized spacial score (nSPS) is 12.4. The number of benzene rings is 1. The summed E-state index contributed by atoms with van der Waals surface area (Å²) in [5.74, 6) is -0.871. The van der Waals surface area contributed by atoms with Crippen molar-refractivity contribution in [2.24, 2.45) is 5.92 Å². The highest BCUT2D eigenvalue weighted by Gasteiger charge is 2.22. The molecule has 0 spiro atoms. The van der Waals surface area contributed by atoms with E-state index in [1.807, 2.05) is 26.0 Å². The van der Waals surface area contributed by atoms with Gasteiger partial charge >= 0.3 is 5.97 Å². The molecule has 0 fully saturated rings. The minimum atomic E-state index is -1.01. The van der Waals surface area contributed by atoms with Gasteiger partial charge in [0.05, 0.1) is 13.5 Å². The van der Waals surface area contributed by atoms with Crippen molar-refractivity contribution in [1.82, 2.24) is 10.6 Å². The van der Waals surface area contributed by atoms with Gasteiger partial charge in [0.1, 0.15) is 11.8 Å². The van der Waals surface area contributed by atoms with E-state index in [1.54, 1.807) is 19.2 Å². The maximum absolute atomic E-state index is 12.6. The number of aliphatic carboxylic acids is 1. The average molecular weight is 376 g/mol. The third-order valence-electron chi connectivity index (χ3n) is 3.91. The molecule has 1 aromatic carbocycles. The summed E-state index contributed by atoms with van der Waals surface area (Å²) in [6.45, 7) is 3.88. The van der Waals surface area contributed by atoms with E-state index in [0.29, 0.717) is 24.2 Å². The lowest BCUT2D eigenvalue weighted by molar-refractivity contribution is -0.136. The molecular weight excluding hydrogens is 348 g/mol. The molecule has 148 valence electrons. The van der Waals surface area contributed by atoms with Gasteiger partial charge in [0, 0.05) is 19.0 Å². The lowest BCUT2D eigenvalue weighted by Gasteiger charge is -2.19. The summed E-state index contributed by atoms with van der Waals surface area (Å²) in [7, 11) is 3.08. The van der Waals surface area contributed by atoms with E-state index in [4.69, 9.17) is 9.84 Å². The number of carboxylic acids is 1. The number of nitrogens with one attached hydrogen (secondary N) is 2. The SMILES string of the molecule is CNC(=O)C(Cc1ccc(OC)cc1)NC(=O)/C(=C\CC(=O)O)CC(C)C. The Morgan fingerprint density at radius 2 is 1.81 bits per heavy atom. The van der Waals surface area contributed by atoms with Crippen LogP contribution in [0.3, 0.4) is 0 Å². The first kappa shape index (κ1) is 22.2. The van der Waals surface area contributed by atoms with Crippen molar-refractivity contribution >= 4 is 17.8 Å². The Bertz CT molecular complexity index is 680. The van der Waals surface area contributed by atoms with E-state index in [2.05, 4.69) is 10.6 Å². The predicted molar refractivity (Wildman–Crippen MR) is 102 cm³/mol. The molecule has 2 amide bonds. The number of carbonyl (C=O) groups is 3. The third-order valence-corrected chi connectivity index (χ3v) is 3.91. The number of rotatable bonds is 10. The van der Waals surface area contributed by atoms with Gasteiger partial charge in [-0.3, -0.25) is 14.4 Å². The Kier molecular flexibility index (Phi) is 9.05. The molecule has 0 radical (unpaired) electrons. The van der Waals surface area contributed by atoms with Crippen molar-refractivity contribution in [3.8, 4) is 5.75 Å². The summed E-state index contributed by atoms with van der Waals surface area (Å²) < 4.78 is 5.12. The zero-order chi connectivity index (χ0) is 20.4. The Hall–Kier alpha value is -2.83. The molecule has 0 saturated carbocycles. The van der Waals surface area contributed by atoms with E-state index in [-0.39, 0.29) is 18.2 Å². The van der Waals surface area contributed by atoms with E-state index in [0.717, 1.165) is 5.56 Å². The lowest BCUT2D eigenvalue weighted by Crippen LogP contribution is -2.47. The zero-order valence-electron chi connectivity index (χ0n) is 16.2. The van der Waals surface area contributed by atoms with Crippen molar-refractivity contribution in [3.05, 3.63) is 41.5 Å². The number of ether oxygens (including phenoxy) is 1. The maximum Gasteiger partial charge on any atom is 0.307 e. The van der Waals surface area contributed by atoms with Crippen molar-refractivity contribution in [1.29, 1.82) is 0 Å². The first-order valence-electron chi connectivity index (χ1n) is 8.83. The molecule has 1 rings (SSSR count). The number of methoxy groups -OCH3 is 1. The van der Waals surface area contributed by atoms with Gasteiger partial charge in [-0.2, -0.15) is 0 Å². The third kappa shape index (κ3) is 7.94. The van der Waals surface area contributed by atoms with Crippen LogP contribution in [0.25, 0.3) is 0 Å². The number of carbonyl (C=O) groups excluding carboxylic acids is 2. The topological polar surface area (TPSA) is 105 Å². The molecule has 0 aliphatic carbocycles. The van der Waals surface area contributed by atoms with Gasteiger partial charge in [-0.25, -0.2) is 0 Å². The first-order chi connectivity index (χ1) is 12.8. The molecule has 3 N–H and O–H groups in total. The molecule has 0 saturated heterocycles. The number of hydrogen-bond donors (Lipinski definition) is 3. The summed E-state index contributed by atoms with van der Waals surface area (Å²) in [5, 5.41) is 14.2. The highest BCUT2D eigenvalue weighted by molar-refractivity contribution is 5.97. The highest BCUT2D eigenvalue weighted by Crippen LogP contribution is 2.15. The van der Waals surface area contributed by atoms with Crippen LogP contribution < -0.4 is 15.4 Å². The van der Waals surface area contributed by atoms with Crippen LogP contribution in [0.1, 0.15) is 32.3 Å². The van der Waals surface area contributed by atoms with Crippen LogP contribution >= 0.6 is 0 Å². The van der Waals surface area contributed by atoms with Gasteiger partial charge < -0.3 is 20.5 Å². The van der Waals surface area contributed by atoms with E-state index in [9.17, 15) is 14.4 Å². The fourth-order valence-electron chi connectivity index (χ4n) is 2.55. The van der Waals surface area contributed by atoms with Crippen molar-refractivity contribution < 1.29 is 24.2 Å². The Morgan fingerprint density at radius 3 is 2.30 bits per heavy atom. The highest BCUT2D eigenvalue weighted by atomic mass is 16.5. The van der Waals surface area contributed by atoms with Gasteiger partial charge in [0.2, 0.25) is 11.8 Å². The van der Waals surface area contributed by atoms with Crippen molar-refractivity contribution in [2.75, 3.05) is 14.2 Å². The smallest absolute Gasteiger partial charge is 0.307 e. The van der Waals surface area contributed by atoms with Crippen LogP contribution in [0.5, 0.6) is 5.75 Å². The second-order valence-corrected chi connectivity index (χ2v) is 6.62. The van der Waals surface area contributed by atoms with E-state index >= 15 is 0 Å². The Morgan fingerprint density at radius 1 is 1.19 bits per heavy atom. The van der Waals surface area contributed by atoms with Crippen LogP contribution in [0, 0.1) is 5.92 Å². The number of carboxylic acid groups (broad SMARTS) is 1. The summed E-state index contributed by atoms with van der Waals surface area (Å²) in [4.78, 5) is 35.7. The molecule has 27 heavy (non-hydrogen) atoms. The molecule has 0 aromatic heterocycles. The zero-order valence-corrected chi connectivity index (χ0v) is 16.2. The van der Waals surface area contributed by atoms with Gasteiger partial charge in [-0.1, -0.05) is 32.1 Å². The molecule has 0 bridgehead atoms. The minimum Gasteiger partial charge on any atom is -0.497 e. The summed E-state index contributed by atoms with van der Waals surface area (Å²) in [6, 6.07) is 6.47. The van der Waals surface area contributed by atoms with Gasteiger partial charge in [0.25, 0.3) is 0 Å². The standard InChI is InChI=1S/C20H28N2O5/c1-13(2)11-15(7-10-18(23)24)19(25)22-17(20(26)21-3)12-14-5-8-16(27-4)9-6-14/h5-9,13,17H,10-12H2,1-4H3,(H,21,26)(H,22,25)(H,23,24)/b15-7-. The molecule has 1 aromatic rings. The summed E-state index contributed by atoms with van der Waals surface area (Å²) in [5.41, 5.74) is 1.24. The molecule has 0 aliphatic heterocycles. The van der Waals surface area contributed by atoms with E-state index < -0.39 is 17.9 Å². The largest absolute Gasteiger partial charge is 0.497 e. The molecule has 7 heteroatoms. The maximum atomic E-state index is 12.6. The number of likely N-dealkylation sites (N-methyl/N-ethyl adjacent to an activating group) is 1. The molecule has 7 nitrogen and oxygen atoms in total. The Labute approximate surface area is 159 Å². The molecular formula is C20H28N2O5. The lowest BCUT2D eigenvalue weighted by atomic mass is 9.99. The second-order valence-electron chi connectivity index (χ2n) is 6.62. The van der Waals surface area contributed by atoms with Crippen LogP contribution in [0.15, 0.2) is 35.9 Å². The fourth-order valence-corrected chi connectivity index (χ4v) is 2.55. The quantitative estimate of drug-likeness (QED) is 0.541. The minimum absolute atomic E-state index is 0.177. The molecule has 0 aliphatic rings. The summed E-state index contributed by atoms with van der Waals surface area (Å²) in [6.07, 6.45) is 1.91. The van der Waals surface area contributed by atoms with Crippen LogP contribution in [-0.4, -0.2) is 43.1 Å². The fraction of sp³-hybridized carbons (Fsp3) is 0.450. The Balaban J connectivity index is 2.94. The summed E-state index contributed by atoms with van der Waals surface area (Å²) >= 11 is 0. The van der Waals surface area contributed by atoms with Crippen LogP contribution in [0.4, 0.5) is 0 Å². The molecule has 0 heterocycles. The van der Waals surface area contributed by atoms with Crippen molar-refractivity contribution in [2.45, 2.75) is 39.2 Å². The van der Waals surface area contributed by atoms with E-state index in [1.165, 1.54) is 13.1 Å².